The average Bonchev–Trinajstić information content (AvgIpc) is 3.33. The van der Waals surface area contributed by atoms with Crippen molar-refractivity contribution in [1.82, 2.24) is 25.3 Å². The molecule has 8 heteroatoms. The lowest BCUT2D eigenvalue weighted by molar-refractivity contribution is -0.130. The number of urea groups is 1. The van der Waals surface area contributed by atoms with E-state index >= 15 is 0 Å². The van der Waals surface area contributed by atoms with Gasteiger partial charge < -0.3 is 19.6 Å². The molecule has 1 aromatic heterocycles. The van der Waals surface area contributed by atoms with Gasteiger partial charge in [-0.05, 0) is 32.6 Å². The molecule has 0 radical (unpaired) electrons. The molecule has 0 spiro atoms. The maximum Gasteiger partial charge on any atom is 0.318 e. The Morgan fingerprint density at radius 1 is 1.25 bits per heavy atom. The van der Waals surface area contributed by atoms with Crippen LogP contribution >= 0.6 is 0 Å². The Labute approximate surface area is 141 Å². The summed E-state index contributed by atoms with van der Waals surface area (Å²) in [5.41, 5.74) is 0. The van der Waals surface area contributed by atoms with Crippen molar-refractivity contribution < 1.29 is 14.1 Å². The number of likely N-dealkylation sites (tertiary alicyclic amines) is 2. The zero-order valence-electron chi connectivity index (χ0n) is 14.2. The van der Waals surface area contributed by atoms with E-state index in [2.05, 4.69) is 15.5 Å². The molecule has 132 valence electrons. The van der Waals surface area contributed by atoms with Gasteiger partial charge in [0.15, 0.2) is 5.82 Å². The standard InChI is InChI=1S/C16H25N5O3/c1-2-17-16(23)21-11-5-6-12(21)15-18-13(24-19-15)7-8-14(22)20-9-3-4-10-20/h12H,2-11H2,1H3,(H,17,23). The summed E-state index contributed by atoms with van der Waals surface area (Å²) in [5, 5.41) is 6.85. The van der Waals surface area contributed by atoms with Crippen molar-refractivity contribution >= 4 is 11.9 Å². The predicted octanol–water partition coefficient (Wildman–Crippen LogP) is 1.49. The first kappa shape index (κ1) is 16.7. The normalized spacial score (nSPS) is 20.6. The van der Waals surface area contributed by atoms with Gasteiger partial charge in [0, 0.05) is 39.0 Å². The molecule has 3 rings (SSSR count). The van der Waals surface area contributed by atoms with E-state index in [-0.39, 0.29) is 18.0 Å². The lowest BCUT2D eigenvalue weighted by Gasteiger charge is -2.22. The summed E-state index contributed by atoms with van der Waals surface area (Å²) < 4.78 is 5.29. The van der Waals surface area contributed by atoms with Crippen LogP contribution in [0.4, 0.5) is 4.79 Å². The number of aryl methyl sites for hydroxylation is 1. The van der Waals surface area contributed by atoms with Gasteiger partial charge in [-0.1, -0.05) is 5.16 Å². The fourth-order valence-electron chi connectivity index (χ4n) is 3.37. The summed E-state index contributed by atoms with van der Waals surface area (Å²) >= 11 is 0. The van der Waals surface area contributed by atoms with Crippen LogP contribution in [-0.2, 0) is 11.2 Å². The SMILES string of the molecule is CCNC(=O)N1CCCC1c1noc(CCC(=O)N2CCCC2)n1. The number of hydrogen-bond acceptors (Lipinski definition) is 5. The molecule has 0 saturated carbocycles. The van der Waals surface area contributed by atoms with E-state index in [1.54, 1.807) is 4.90 Å². The third-order valence-corrected chi connectivity index (χ3v) is 4.64. The van der Waals surface area contributed by atoms with E-state index in [9.17, 15) is 9.59 Å². The minimum atomic E-state index is -0.136. The molecule has 24 heavy (non-hydrogen) atoms. The number of hydrogen-bond donors (Lipinski definition) is 1. The molecule has 2 saturated heterocycles. The van der Waals surface area contributed by atoms with Crippen LogP contribution < -0.4 is 5.32 Å². The molecule has 0 aromatic carbocycles. The van der Waals surface area contributed by atoms with Crippen LogP contribution in [0.25, 0.3) is 0 Å². The van der Waals surface area contributed by atoms with Crippen LogP contribution in [0.2, 0.25) is 0 Å². The van der Waals surface area contributed by atoms with E-state index in [0.717, 1.165) is 38.8 Å². The minimum Gasteiger partial charge on any atom is -0.343 e. The highest BCUT2D eigenvalue weighted by Crippen LogP contribution is 2.30. The average molecular weight is 335 g/mol. The molecule has 0 aliphatic carbocycles. The van der Waals surface area contributed by atoms with Gasteiger partial charge in [-0.2, -0.15) is 4.98 Å². The second-order valence-electron chi connectivity index (χ2n) is 6.32. The minimum absolute atomic E-state index is 0.0874. The first-order valence-electron chi connectivity index (χ1n) is 8.83. The fourth-order valence-corrected chi connectivity index (χ4v) is 3.37. The van der Waals surface area contributed by atoms with E-state index in [1.807, 2.05) is 11.8 Å². The van der Waals surface area contributed by atoms with Gasteiger partial charge >= 0.3 is 6.03 Å². The third-order valence-electron chi connectivity index (χ3n) is 4.64. The molecule has 8 nitrogen and oxygen atoms in total. The maximum absolute atomic E-state index is 12.1. The van der Waals surface area contributed by atoms with Gasteiger partial charge in [0.2, 0.25) is 11.8 Å². The lowest BCUT2D eigenvalue weighted by Crippen LogP contribution is -2.39. The number of nitrogens with one attached hydrogen (secondary N) is 1. The fraction of sp³-hybridized carbons (Fsp3) is 0.750. The Hall–Kier alpha value is -2.12. The van der Waals surface area contributed by atoms with Crippen molar-refractivity contribution in [3.63, 3.8) is 0 Å². The Kier molecular flexibility index (Phi) is 5.32. The highest BCUT2D eigenvalue weighted by Gasteiger charge is 2.33. The van der Waals surface area contributed by atoms with E-state index < -0.39 is 0 Å². The summed E-state index contributed by atoms with van der Waals surface area (Å²) in [5.74, 6) is 1.17. The summed E-state index contributed by atoms with van der Waals surface area (Å²) in [4.78, 5) is 32.2. The van der Waals surface area contributed by atoms with Gasteiger partial charge in [0.25, 0.3) is 0 Å². The Bertz CT molecular complexity index is 582. The molecule has 1 atom stereocenters. The number of amides is 3. The maximum atomic E-state index is 12.1. The van der Waals surface area contributed by atoms with Crippen LogP contribution in [0.3, 0.4) is 0 Å². The zero-order chi connectivity index (χ0) is 16.9. The second-order valence-corrected chi connectivity index (χ2v) is 6.32. The Morgan fingerprint density at radius 2 is 2.04 bits per heavy atom. The van der Waals surface area contributed by atoms with Crippen molar-refractivity contribution in [3.05, 3.63) is 11.7 Å². The Balaban J connectivity index is 1.56. The molecule has 1 N–H and O–H groups in total. The van der Waals surface area contributed by atoms with Crippen LogP contribution in [0.5, 0.6) is 0 Å². The number of carbonyl (C=O) groups excluding carboxylic acids is 2. The molecule has 2 aliphatic rings. The number of rotatable bonds is 5. The summed E-state index contributed by atoms with van der Waals surface area (Å²) in [6, 6.07) is -0.223. The quantitative estimate of drug-likeness (QED) is 0.880. The van der Waals surface area contributed by atoms with Gasteiger partial charge in [-0.25, -0.2) is 4.79 Å². The first-order chi connectivity index (χ1) is 11.7. The van der Waals surface area contributed by atoms with Crippen molar-refractivity contribution in [3.8, 4) is 0 Å². The molecule has 3 heterocycles. The molecule has 2 fully saturated rings. The largest absolute Gasteiger partial charge is 0.343 e. The number of nitrogens with zero attached hydrogens (tertiary/aromatic N) is 4. The zero-order valence-corrected chi connectivity index (χ0v) is 14.2. The van der Waals surface area contributed by atoms with Gasteiger partial charge in [0.05, 0.1) is 6.04 Å². The van der Waals surface area contributed by atoms with Gasteiger partial charge in [-0.15, -0.1) is 0 Å². The Morgan fingerprint density at radius 3 is 2.79 bits per heavy atom. The van der Waals surface area contributed by atoms with Crippen molar-refractivity contribution in [2.75, 3.05) is 26.2 Å². The number of carbonyl (C=O) groups is 2. The van der Waals surface area contributed by atoms with Gasteiger partial charge in [0.1, 0.15) is 0 Å². The highest BCUT2D eigenvalue weighted by molar-refractivity contribution is 5.76. The second kappa shape index (κ2) is 7.63. The van der Waals surface area contributed by atoms with E-state index in [0.29, 0.717) is 37.6 Å². The molecular formula is C16H25N5O3. The van der Waals surface area contributed by atoms with Crippen LogP contribution in [0, 0.1) is 0 Å². The predicted molar refractivity (Wildman–Crippen MR) is 86.2 cm³/mol. The highest BCUT2D eigenvalue weighted by atomic mass is 16.5. The first-order valence-corrected chi connectivity index (χ1v) is 8.83. The summed E-state index contributed by atoms with van der Waals surface area (Å²) in [6.07, 6.45) is 4.80. The molecule has 1 unspecified atom stereocenters. The van der Waals surface area contributed by atoms with E-state index in [4.69, 9.17) is 4.52 Å². The molecular weight excluding hydrogens is 310 g/mol. The van der Waals surface area contributed by atoms with Crippen LogP contribution in [0.15, 0.2) is 4.52 Å². The van der Waals surface area contributed by atoms with Gasteiger partial charge in [-0.3, -0.25) is 4.79 Å². The summed E-state index contributed by atoms with van der Waals surface area (Å²) in [6.45, 7) is 4.91. The monoisotopic (exact) mass is 335 g/mol. The summed E-state index contributed by atoms with van der Waals surface area (Å²) in [7, 11) is 0. The van der Waals surface area contributed by atoms with Crippen LogP contribution in [0.1, 0.15) is 56.8 Å². The van der Waals surface area contributed by atoms with Crippen molar-refractivity contribution in [1.29, 1.82) is 0 Å². The molecule has 1 aromatic rings. The molecule has 0 bridgehead atoms. The van der Waals surface area contributed by atoms with Crippen LogP contribution in [-0.4, -0.2) is 58.1 Å². The third kappa shape index (κ3) is 3.68. The number of aromatic nitrogens is 2. The van der Waals surface area contributed by atoms with Crippen molar-refractivity contribution in [2.45, 2.75) is 51.5 Å². The smallest absolute Gasteiger partial charge is 0.318 e. The topological polar surface area (TPSA) is 91.6 Å². The van der Waals surface area contributed by atoms with E-state index in [1.165, 1.54) is 0 Å². The molecule has 2 aliphatic heterocycles. The molecule has 3 amide bonds. The lowest BCUT2D eigenvalue weighted by atomic mass is 10.2. The van der Waals surface area contributed by atoms with Crippen molar-refractivity contribution in [2.24, 2.45) is 0 Å².